The van der Waals surface area contributed by atoms with E-state index in [4.69, 9.17) is 0 Å². The van der Waals surface area contributed by atoms with Crippen LogP contribution in [0.15, 0.2) is 0 Å². The van der Waals surface area contributed by atoms with Crippen molar-refractivity contribution >= 4 is 5.97 Å². The molecule has 2 unspecified atom stereocenters. The summed E-state index contributed by atoms with van der Waals surface area (Å²) in [7, 11) is 0. The lowest BCUT2D eigenvalue weighted by Crippen LogP contribution is -2.43. The Hall–Kier alpha value is -0.570. The molecule has 0 bridgehead atoms. The fourth-order valence-electron chi connectivity index (χ4n) is 2.71. The van der Waals surface area contributed by atoms with Crippen LogP contribution in [0.25, 0.3) is 0 Å². The molecule has 2 atom stereocenters. The molecule has 0 aromatic heterocycles. The maximum absolute atomic E-state index is 11.2. The zero-order valence-corrected chi connectivity index (χ0v) is 9.91. The molecule has 88 valence electrons. The fourth-order valence-corrected chi connectivity index (χ4v) is 2.71. The molecule has 1 aliphatic rings. The maximum atomic E-state index is 11.2. The van der Waals surface area contributed by atoms with Crippen molar-refractivity contribution in [2.75, 3.05) is 13.1 Å². The summed E-state index contributed by atoms with van der Waals surface area (Å²) in [5.74, 6) is -0.749. The highest BCUT2D eigenvalue weighted by molar-refractivity contribution is 5.70. The minimum Gasteiger partial charge on any atom is -0.481 e. The van der Waals surface area contributed by atoms with Crippen molar-refractivity contribution < 1.29 is 9.90 Å². The van der Waals surface area contributed by atoms with E-state index in [2.05, 4.69) is 18.7 Å². The van der Waals surface area contributed by atoms with Gasteiger partial charge >= 0.3 is 5.97 Å². The molecular weight excluding hydrogens is 190 g/mol. The maximum Gasteiger partial charge on any atom is 0.308 e. The summed E-state index contributed by atoms with van der Waals surface area (Å²) in [6.45, 7) is 6.16. The van der Waals surface area contributed by atoms with Crippen LogP contribution in [0.1, 0.15) is 46.0 Å². The quantitative estimate of drug-likeness (QED) is 0.729. The van der Waals surface area contributed by atoms with E-state index in [1.165, 1.54) is 12.8 Å². The number of hydrogen-bond acceptors (Lipinski definition) is 2. The zero-order chi connectivity index (χ0) is 11.3. The van der Waals surface area contributed by atoms with Crippen LogP contribution < -0.4 is 0 Å². The highest BCUT2D eigenvalue weighted by Crippen LogP contribution is 2.27. The first-order valence-corrected chi connectivity index (χ1v) is 6.17. The molecule has 1 fully saturated rings. The Kier molecular flexibility index (Phi) is 5.09. The van der Waals surface area contributed by atoms with Gasteiger partial charge in [0, 0.05) is 6.04 Å². The number of aliphatic carboxylic acids is 1. The van der Waals surface area contributed by atoms with Crippen LogP contribution in [0, 0.1) is 5.92 Å². The number of carboxylic acid groups (broad SMARTS) is 1. The third-order valence-corrected chi connectivity index (χ3v) is 3.58. The van der Waals surface area contributed by atoms with Crippen LogP contribution in [0.2, 0.25) is 0 Å². The van der Waals surface area contributed by atoms with E-state index in [0.29, 0.717) is 0 Å². The minimum atomic E-state index is -0.603. The Balaban J connectivity index is 2.73. The van der Waals surface area contributed by atoms with Gasteiger partial charge in [-0.2, -0.15) is 0 Å². The predicted molar refractivity (Wildman–Crippen MR) is 60.9 cm³/mol. The van der Waals surface area contributed by atoms with E-state index in [0.717, 1.165) is 32.4 Å². The number of rotatable bonds is 4. The second kappa shape index (κ2) is 6.11. The predicted octanol–water partition coefficient (Wildman–Crippen LogP) is 2.36. The molecule has 1 saturated carbocycles. The third kappa shape index (κ3) is 3.20. The van der Waals surface area contributed by atoms with Gasteiger partial charge in [-0.3, -0.25) is 4.79 Å². The van der Waals surface area contributed by atoms with Gasteiger partial charge in [-0.25, -0.2) is 0 Å². The summed E-state index contributed by atoms with van der Waals surface area (Å²) in [6.07, 6.45) is 5.37. The van der Waals surface area contributed by atoms with E-state index in [-0.39, 0.29) is 12.0 Å². The molecule has 15 heavy (non-hydrogen) atoms. The van der Waals surface area contributed by atoms with Crippen LogP contribution in [0.4, 0.5) is 0 Å². The molecule has 3 nitrogen and oxygen atoms in total. The standard InChI is InChI=1S/C12H23NO2/c1-3-13(4-2)11-9-7-5-6-8-10(11)12(14)15/h10-11H,3-9H2,1-2H3,(H,14,15). The van der Waals surface area contributed by atoms with Crippen molar-refractivity contribution in [1.29, 1.82) is 0 Å². The largest absolute Gasteiger partial charge is 0.481 e. The lowest BCUT2D eigenvalue weighted by Gasteiger charge is -2.32. The van der Waals surface area contributed by atoms with Crippen LogP contribution in [0.5, 0.6) is 0 Å². The number of hydrogen-bond donors (Lipinski definition) is 1. The number of carbonyl (C=O) groups is 1. The van der Waals surface area contributed by atoms with Crippen molar-refractivity contribution in [3.05, 3.63) is 0 Å². The van der Waals surface area contributed by atoms with Crippen molar-refractivity contribution in [2.45, 2.75) is 52.0 Å². The van der Waals surface area contributed by atoms with Crippen molar-refractivity contribution in [3.63, 3.8) is 0 Å². The van der Waals surface area contributed by atoms with E-state index in [1.807, 2.05) is 0 Å². The van der Waals surface area contributed by atoms with E-state index in [9.17, 15) is 9.90 Å². The molecule has 1 aliphatic carbocycles. The van der Waals surface area contributed by atoms with Gasteiger partial charge < -0.3 is 10.0 Å². The number of carboxylic acids is 1. The Morgan fingerprint density at radius 3 is 2.33 bits per heavy atom. The zero-order valence-electron chi connectivity index (χ0n) is 9.91. The van der Waals surface area contributed by atoms with E-state index in [1.54, 1.807) is 0 Å². The van der Waals surface area contributed by atoms with Gasteiger partial charge in [0.25, 0.3) is 0 Å². The van der Waals surface area contributed by atoms with E-state index < -0.39 is 5.97 Å². The summed E-state index contributed by atoms with van der Waals surface area (Å²) in [4.78, 5) is 13.5. The molecule has 0 saturated heterocycles. The van der Waals surface area contributed by atoms with Gasteiger partial charge in [0.15, 0.2) is 0 Å². The Labute approximate surface area is 92.5 Å². The molecule has 0 aliphatic heterocycles. The van der Waals surface area contributed by atoms with Gasteiger partial charge in [-0.15, -0.1) is 0 Å². The van der Waals surface area contributed by atoms with Crippen LogP contribution in [-0.4, -0.2) is 35.1 Å². The summed E-state index contributed by atoms with van der Waals surface area (Å²) < 4.78 is 0. The highest BCUT2D eigenvalue weighted by Gasteiger charge is 2.32. The second-order valence-corrected chi connectivity index (χ2v) is 4.37. The smallest absolute Gasteiger partial charge is 0.308 e. The lowest BCUT2D eigenvalue weighted by molar-refractivity contribution is -0.144. The summed E-state index contributed by atoms with van der Waals surface area (Å²) in [6, 6.07) is 0.264. The Bertz CT molecular complexity index is 202. The van der Waals surface area contributed by atoms with Crippen molar-refractivity contribution in [1.82, 2.24) is 4.90 Å². The van der Waals surface area contributed by atoms with Crippen LogP contribution in [0.3, 0.4) is 0 Å². The fraction of sp³-hybridized carbons (Fsp3) is 0.917. The molecule has 0 heterocycles. The first-order chi connectivity index (χ1) is 7.20. The Morgan fingerprint density at radius 2 is 1.80 bits per heavy atom. The monoisotopic (exact) mass is 213 g/mol. The topological polar surface area (TPSA) is 40.5 Å². The summed E-state index contributed by atoms with van der Waals surface area (Å²) in [5.41, 5.74) is 0. The molecule has 0 radical (unpaired) electrons. The van der Waals surface area contributed by atoms with Gasteiger partial charge in [0.2, 0.25) is 0 Å². The Morgan fingerprint density at radius 1 is 1.20 bits per heavy atom. The average Bonchev–Trinajstić information content (AvgIpc) is 2.45. The number of nitrogens with zero attached hydrogens (tertiary/aromatic N) is 1. The highest BCUT2D eigenvalue weighted by atomic mass is 16.4. The molecule has 0 amide bonds. The van der Waals surface area contributed by atoms with Gasteiger partial charge in [-0.05, 0) is 25.9 Å². The second-order valence-electron chi connectivity index (χ2n) is 4.37. The van der Waals surface area contributed by atoms with Crippen LogP contribution >= 0.6 is 0 Å². The van der Waals surface area contributed by atoms with Gasteiger partial charge in [0.05, 0.1) is 5.92 Å². The van der Waals surface area contributed by atoms with Gasteiger partial charge in [0.1, 0.15) is 0 Å². The summed E-state index contributed by atoms with van der Waals surface area (Å²) in [5, 5.41) is 9.25. The summed E-state index contributed by atoms with van der Waals surface area (Å²) >= 11 is 0. The van der Waals surface area contributed by atoms with Gasteiger partial charge in [-0.1, -0.05) is 33.1 Å². The van der Waals surface area contributed by atoms with Crippen molar-refractivity contribution in [3.8, 4) is 0 Å². The molecular formula is C12H23NO2. The average molecular weight is 213 g/mol. The van der Waals surface area contributed by atoms with Crippen molar-refractivity contribution in [2.24, 2.45) is 5.92 Å². The first-order valence-electron chi connectivity index (χ1n) is 6.17. The molecule has 0 spiro atoms. The SMILES string of the molecule is CCN(CC)C1CCCCCC1C(=O)O. The normalized spacial score (nSPS) is 27.7. The molecule has 1 rings (SSSR count). The van der Waals surface area contributed by atoms with E-state index >= 15 is 0 Å². The van der Waals surface area contributed by atoms with Crippen LogP contribution in [-0.2, 0) is 4.79 Å². The first kappa shape index (κ1) is 12.5. The lowest BCUT2D eigenvalue weighted by atomic mass is 9.93. The molecule has 1 N–H and O–H groups in total. The molecule has 0 aromatic rings. The molecule has 0 aromatic carbocycles. The molecule has 3 heteroatoms. The minimum absolute atomic E-state index is 0.146. The third-order valence-electron chi connectivity index (χ3n) is 3.58.